The number of hydrogen-bond donors (Lipinski definition) is 1. The van der Waals surface area contributed by atoms with Gasteiger partial charge < -0.3 is 14.3 Å². The zero-order chi connectivity index (χ0) is 12.3. The molecule has 88 valence electrons. The van der Waals surface area contributed by atoms with Gasteiger partial charge in [-0.15, -0.1) is 0 Å². The Bertz CT molecular complexity index is 533. The summed E-state index contributed by atoms with van der Waals surface area (Å²) in [6.45, 7) is 0.179. The van der Waals surface area contributed by atoms with Crippen LogP contribution >= 0.6 is 22.6 Å². The van der Waals surface area contributed by atoms with Crippen molar-refractivity contribution in [1.29, 1.82) is 0 Å². The molecule has 0 saturated carbocycles. The molecule has 0 spiro atoms. The van der Waals surface area contributed by atoms with Gasteiger partial charge in [0.15, 0.2) is 0 Å². The first-order valence-corrected chi connectivity index (χ1v) is 5.93. The second-order valence-electron chi connectivity index (χ2n) is 3.30. The van der Waals surface area contributed by atoms with Crippen LogP contribution < -0.4 is 4.74 Å². The lowest BCUT2D eigenvalue weighted by molar-refractivity contribution is 0.0658. The zero-order valence-corrected chi connectivity index (χ0v) is 10.9. The zero-order valence-electron chi connectivity index (χ0n) is 8.72. The molecule has 0 radical (unpaired) electrons. The Morgan fingerprint density at radius 3 is 2.82 bits per heavy atom. The summed E-state index contributed by atoms with van der Waals surface area (Å²) in [5.74, 6) is -0.432. The fourth-order valence-electron chi connectivity index (χ4n) is 1.35. The fraction of sp³-hybridized carbons (Fsp3) is 0.0833. The van der Waals surface area contributed by atoms with Crippen molar-refractivity contribution in [2.45, 2.75) is 6.61 Å². The van der Waals surface area contributed by atoms with E-state index in [9.17, 15) is 4.79 Å². The van der Waals surface area contributed by atoms with E-state index in [1.54, 1.807) is 6.07 Å². The Morgan fingerprint density at radius 1 is 1.35 bits per heavy atom. The Morgan fingerprint density at radius 2 is 2.12 bits per heavy atom. The van der Waals surface area contributed by atoms with Gasteiger partial charge in [0.25, 0.3) is 0 Å². The van der Waals surface area contributed by atoms with Crippen molar-refractivity contribution in [1.82, 2.24) is 0 Å². The molecule has 0 saturated heterocycles. The molecule has 2 rings (SSSR count). The maximum atomic E-state index is 10.8. The second-order valence-corrected chi connectivity index (χ2v) is 4.46. The number of rotatable bonds is 4. The van der Waals surface area contributed by atoms with E-state index in [1.807, 2.05) is 24.3 Å². The van der Waals surface area contributed by atoms with Gasteiger partial charge in [0, 0.05) is 5.56 Å². The van der Waals surface area contributed by atoms with Crippen LogP contribution in [-0.4, -0.2) is 11.1 Å². The largest absolute Gasteiger partial charge is 0.488 e. The van der Waals surface area contributed by atoms with E-state index >= 15 is 0 Å². The van der Waals surface area contributed by atoms with Crippen molar-refractivity contribution >= 4 is 28.6 Å². The second kappa shape index (κ2) is 5.22. The Balaban J connectivity index is 2.10. The standard InChI is InChI=1S/C12H9IO4/c13-9-3-1-2-4-10(9)17-7-8-5-6-16-11(8)12(14)15/h1-6H,7H2,(H,14,15). The number of carbonyl (C=O) groups is 1. The monoisotopic (exact) mass is 344 g/mol. The molecule has 1 heterocycles. The molecular weight excluding hydrogens is 335 g/mol. The highest BCUT2D eigenvalue weighted by Gasteiger charge is 2.14. The predicted octanol–water partition coefficient (Wildman–Crippen LogP) is 3.16. The number of aromatic carboxylic acids is 1. The maximum Gasteiger partial charge on any atom is 0.372 e. The highest BCUT2D eigenvalue weighted by atomic mass is 127. The van der Waals surface area contributed by atoms with Crippen molar-refractivity contribution in [2.75, 3.05) is 0 Å². The van der Waals surface area contributed by atoms with Crippen LogP contribution in [0.3, 0.4) is 0 Å². The minimum atomic E-state index is -1.09. The third kappa shape index (κ3) is 2.79. The minimum absolute atomic E-state index is 0.0732. The van der Waals surface area contributed by atoms with Gasteiger partial charge in [0.05, 0.1) is 9.83 Å². The van der Waals surface area contributed by atoms with E-state index in [-0.39, 0.29) is 12.4 Å². The molecule has 2 aromatic rings. The Kier molecular flexibility index (Phi) is 3.68. The smallest absolute Gasteiger partial charge is 0.372 e. The molecule has 0 bridgehead atoms. The quantitative estimate of drug-likeness (QED) is 0.866. The lowest BCUT2D eigenvalue weighted by Gasteiger charge is -2.06. The highest BCUT2D eigenvalue weighted by Crippen LogP contribution is 2.21. The van der Waals surface area contributed by atoms with Crippen molar-refractivity contribution in [2.24, 2.45) is 0 Å². The lowest BCUT2D eigenvalue weighted by Crippen LogP contribution is -2.03. The molecule has 5 heteroatoms. The van der Waals surface area contributed by atoms with E-state index in [0.717, 1.165) is 9.32 Å². The first-order valence-electron chi connectivity index (χ1n) is 4.85. The molecule has 0 aliphatic heterocycles. The van der Waals surface area contributed by atoms with Crippen LogP contribution in [0.2, 0.25) is 0 Å². The van der Waals surface area contributed by atoms with Gasteiger partial charge in [0.1, 0.15) is 12.4 Å². The molecule has 0 unspecified atom stereocenters. The van der Waals surface area contributed by atoms with Gasteiger partial charge in [-0.3, -0.25) is 0 Å². The highest BCUT2D eigenvalue weighted by molar-refractivity contribution is 14.1. The van der Waals surface area contributed by atoms with Gasteiger partial charge >= 0.3 is 5.97 Å². The summed E-state index contributed by atoms with van der Waals surface area (Å²) in [4.78, 5) is 10.8. The van der Waals surface area contributed by atoms with Gasteiger partial charge in [0.2, 0.25) is 5.76 Å². The number of halogens is 1. The van der Waals surface area contributed by atoms with Crippen LogP contribution in [-0.2, 0) is 6.61 Å². The van der Waals surface area contributed by atoms with E-state index in [2.05, 4.69) is 22.6 Å². The summed E-state index contributed by atoms with van der Waals surface area (Å²) in [5, 5.41) is 8.86. The normalized spacial score (nSPS) is 10.2. The summed E-state index contributed by atoms with van der Waals surface area (Å²) >= 11 is 2.16. The molecule has 1 aromatic heterocycles. The molecule has 4 nitrogen and oxygen atoms in total. The molecular formula is C12H9IO4. The van der Waals surface area contributed by atoms with Gasteiger partial charge in [-0.1, -0.05) is 12.1 Å². The van der Waals surface area contributed by atoms with Crippen LogP contribution in [0.5, 0.6) is 5.75 Å². The number of para-hydroxylation sites is 1. The third-order valence-electron chi connectivity index (χ3n) is 2.16. The molecule has 1 aromatic carbocycles. The SMILES string of the molecule is O=C(O)c1occc1COc1ccccc1I. The van der Waals surface area contributed by atoms with Crippen molar-refractivity contribution in [3.8, 4) is 5.75 Å². The number of carboxylic acids is 1. The van der Waals surface area contributed by atoms with Crippen LogP contribution in [0.15, 0.2) is 41.0 Å². The minimum Gasteiger partial charge on any atom is -0.488 e. The molecule has 0 amide bonds. The first-order chi connectivity index (χ1) is 8.18. The van der Waals surface area contributed by atoms with E-state index in [0.29, 0.717) is 5.56 Å². The molecule has 0 fully saturated rings. The number of furan rings is 1. The number of ether oxygens (including phenoxy) is 1. The van der Waals surface area contributed by atoms with E-state index < -0.39 is 5.97 Å². The molecule has 0 atom stereocenters. The maximum absolute atomic E-state index is 10.8. The van der Waals surface area contributed by atoms with Crippen molar-refractivity contribution in [3.05, 3.63) is 51.5 Å². The van der Waals surface area contributed by atoms with Gasteiger partial charge in [-0.2, -0.15) is 0 Å². The molecule has 0 aliphatic carbocycles. The number of hydrogen-bond acceptors (Lipinski definition) is 3. The molecule has 17 heavy (non-hydrogen) atoms. The average Bonchev–Trinajstić information content (AvgIpc) is 2.76. The van der Waals surface area contributed by atoms with Crippen LogP contribution in [0, 0.1) is 3.57 Å². The van der Waals surface area contributed by atoms with Gasteiger partial charge in [-0.05, 0) is 40.8 Å². The van der Waals surface area contributed by atoms with Crippen LogP contribution in [0.1, 0.15) is 16.1 Å². The summed E-state index contributed by atoms with van der Waals surface area (Å²) < 4.78 is 11.4. The van der Waals surface area contributed by atoms with Crippen LogP contribution in [0.4, 0.5) is 0 Å². The summed E-state index contributed by atoms with van der Waals surface area (Å²) in [7, 11) is 0. The Labute approximate surface area is 111 Å². The summed E-state index contributed by atoms with van der Waals surface area (Å²) in [5.41, 5.74) is 0.525. The predicted molar refractivity (Wildman–Crippen MR) is 69.2 cm³/mol. The molecule has 1 N–H and O–H groups in total. The fourth-order valence-corrected chi connectivity index (χ4v) is 1.90. The van der Waals surface area contributed by atoms with Crippen molar-refractivity contribution < 1.29 is 19.1 Å². The number of carboxylic acid groups (broad SMARTS) is 1. The van der Waals surface area contributed by atoms with Crippen LogP contribution in [0.25, 0.3) is 0 Å². The topological polar surface area (TPSA) is 59.7 Å². The molecule has 0 aliphatic rings. The lowest BCUT2D eigenvalue weighted by atomic mass is 10.2. The Hall–Kier alpha value is -1.50. The third-order valence-corrected chi connectivity index (χ3v) is 3.05. The van der Waals surface area contributed by atoms with E-state index in [1.165, 1.54) is 6.26 Å². The first kappa shape index (κ1) is 12.0. The van der Waals surface area contributed by atoms with Gasteiger partial charge in [-0.25, -0.2) is 4.79 Å². The van der Waals surface area contributed by atoms with E-state index in [4.69, 9.17) is 14.3 Å². The average molecular weight is 344 g/mol. The summed E-state index contributed by atoms with van der Waals surface area (Å²) in [6.07, 6.45) is 1.35. The summed E-state index contributed by atoms with van der Waals surface area (Å²) in [6, 6.07) is 9.13. The van der Waals surface area contributed by atoms with Crippen molar-refractivity contribution in [3.63, 3.8) is 0 Å². The number of benzene rings is 1.